The fourth-order valence-corrected chi connectivity index (χ4v) is 6.31. The summed E-state index contributed by atoms with van der Waals surface area (Å²) in [5.74, 6) is 2.16. The number of nitrogens with zero attached hydrogens (tertiary/aromatic N) is 3. The van der Waals surface area contributed by atoms with Crippen molar-refractivity contribution in [1.29, 1.82) is 0 Å². The third-order valence-electron chi connectivity index (χ3n) is 9.18. The molecule has 2 saturated carbocycles. The maximum Gasteiger partial charge on any atom is 0.270 e. The molecule has 5 rings (SSSR count). The van der Waals surface area contributed by atoms with Gasteiger partial charge < -0.3 is 24.8 Å². The van der Waals surface area contributed by atoms with E-state index in [1.165, 1.54) is 6.42 Å². The summed E-state index contributed by atoms with van der Waals surface area (Å²) < 4.78 is 16.9. The number of anilines is 2. The van der Waals surface area contributed by atoms with Crippen molar-refractivity contribution in [3.63, 3.8) is 0 Å². The summed E-state index contributed by atoms with van der Waals surface area (Å²) in [5.41, 5.74) is 1.46. The second kappa shape index (κ2) is 10.5. The minimum atomic E-state index is -0.151. The standard InChI is InChI=1S/C28H39N5O4/c1-27(2)19-7-9-28(27,3)24(17-19)32-25(34)21-8-10-29-26(31-21)30-20-5-6-22(35-4)23(18-20)37-16-13-33-11-14-36-15-12-33/h5-6,8,10,18-19,24H,7,9,11-17H2,1-4H3,(H,32,34)(H,29,30,31). The van der Waals surface area contributed by atoms with E-state index in [1.54, 1.807) is 19.4 Å². The van der Waals surface area contributed by atoms with Crippen molar-refractivity contribution in [3.05, 3.63) is 36.2 Å². The molecule has 1 aromatic heterocycles. The lowest BCUT2D eigenvalue weighted by Crippen LogP contribution is -2.47. The number of ether oxygens (including phenoxy) is 3. The van der Waals surface area contributed by atoms with Crippen LogP contribution in [-0.2, 0) is 4.74 Å². The van der Waals surface area contributed by atoms with Gasteiger partial charge in [-0.2, -0.15) is 0 Å². The average molecular weight is 510 g/mol. The molecule has 3 atom stereocenters. The smallest absolute Gasteiger partial charge is 0.270 e. The number of carbonyl (C=O) groups excluding carboxylic acids is 1. The monoisotopic (exact) mass is 509 g/mol. The molecule has 3 fully saturated rings. The lowest BCUT2D eigenvalue weighted by atomic mass is 9.69. The molecule has 2 aromatic rings. The van der Waals surface area contributed by atoms with Gasteiger partial charge in [0.15, 0.2) is 11.5 Å². The van der Waals surface area contributed by atoms with E-state index < -0.39 is 0 Å². The van der Waals surface area contributed by atoms with Crippen molar-refractivity contribution >= 4 is 17.5 Å². The van der Waals surface area contributed by atoms with Gasteiger partial charge in [-0.25, -0.2) is 9.97 Å². The first-order valence-corrected chi connectivity index (χ1v) is 13.3. The number of rotatable bonds is 9. The first-order valence-electron chi connectivity index (χ1n) is 13.3. The van der Waals surface area contributed by atoms with Gasteiger partial charge in [-0.05, 0) is 54.2 Å². The van der Waals surface area contributed by atoms with Crippen LogP contribution in [-0.4, -0.2) is 73.4 Å². The number of carbonyl (C=O) groups is 1. The van der Waals surface area contributed by atoms with Crippen LogP contribution in [0.15, 0.2) is 30.5 Å². The van der Waals surface area contributed by atoms with Crippen molar-refractivity contribution < 1.29 is 19.0 Å². The van der Waals surface area contributed by atoms with Crippen LogP contribution in [0.5, 0.6) is 11.5 Å². The lowest BCUT2D eigenvalue weighted by Gasteiger charge is -2.39. The molecule has 0 radical (unpaired) electrons. The number of hydrogen-bond acceptors (Lipinski definition) is 8. The molecule has 0 spiro atoms. The Labute approximate surface area is 219 Å². The van der Waals surface area contributed by atoms with Gasteiger partial charge >= 0.3 is 0 Å². The number of morpholine rings is 1. The van der Waals surface area contributed by atoms with Crippen molar-refractivity contribution in [2.24, 2.45) is 16.7 Å². The van der Waals surface area contributed by atoms with Crippen LogP contribution in [0.2, 0.25) is 0 Å². The molecule has 9 nitrogen and oxygen atoms in total. The summed E-state index contributed by atoms with van der Waals surface area (Å²) in [6.45, 7) is 11.7. The van der Waals surface area contributed by atoms with Crippen LogP contribution in [0.3, 0.4) is 0 Å². The Kier molecular flexibility index (Phi) is 7.27. The van der Waals surface area contributed by atoms with Crippen LogP contribution in [0.4, 0.5) is 11.6 Å². The zero-order valence-corrected chi connectivity index (χ0v) is 22.4. The van der Waals surface area contributed by atoms with E-state index in [0.717, 1.165) is 51.4 Å². The molecule has 3 aliphatic rings. The normalized spacial score (nSPS) is 26.6. The first kappa shape index (κ1) is 25.7. The minimum absolute atomic E-state index is 0.114. The maximum atomic E-state index is 13.1. The highest BCUT2D eigenvalue weighted by atomic mass is 16.5. The molecule has 37 heavy (non-hydrogen) atoms. The molecule has 3 unspecified atom stereocenters. The Morgan fingerprint density at radius 2 is 2.00 bits per heavy atom. The highest BCUT2D eigenvalue weighted by Crippen LogP contribution is 2.65. The molecular formula is C28H39N5O4. The second-order valence-electron chi connectivity index (χ2n) is 11.2. The zero-order valence-electron chi connectivity index (χ0n) is 22.4. The Hall–Kier alpha value is -2.91. The van der Waals surface area contributed by atoms with E-state index in [1.807, 2.05) is 18.2 Å². The van der Waals surface area contributed by atoms with Gasteiger partial charge in [-0.15, -0.1) is 0 Å². The lowest BCUT2D eigenvalue weighted by molar-refractivity contribution is 0.0321. The van der Waals surface area contributed by atoms with E-state index in [-0.39, 0.29) is 22.8 Å². The molecule has 9 heteroatoms. The largest absolute Gasteiger partial charge is 0.493 e. The molecule has 200 valence electrons. The molecule has 1 saturated heterocycles. The predicted molar refractivity (Wildman–Crippen MR) is 142 cm³/mol. The molecule has 2 heterocycles. The summed E-state index contributed by atoms with van der Waals surface area (Å²) in [5, 5.41) is 6.49. The van der Waals surface area contributed by atoms with Crippen LogP contribution in [0, 0.1) is 16.7 Å². The molecule has 2 N–H and O–H groups in total. The number of amides is 1. The summed E-state index contributed by atoms with van der Waals surface area (Å²) in [7, 11) is 1.63. The van der Waals surface area contributed by atoms with E-state index in [2.05, 4.69) is 46.3 Å². The van der Waals surface area contributed by atoms with Crippen molar-refractivity contribution in [3.8, 4) is 11.5 Å². The van der Waals surface area contributed by atoms with Gasteiger partial charge in [0.25, 0.3) is 5.91 Å². The quantitative estimate of drug-likeness (QED) is 0.526. The Morgan fingerprint density at radius 1 is 1.19 bits per heavy atom. The van der Waals surface area contributed by atoms with Crippen molar-refractivity contribution in [2.75, 3.05) is 51.9 Å². The number of nitrogens with one attached hydrogen (secondary N) is 2. The first-order chi connectivity index (χ1) is 17.8. The number of benzene rings is 1. The fraction of sp³-hybridized carbons (Fsp3) is 0.607. The average Bonchev–Trinajstić information content (AvgIpc) is 3.23. The molecule has 1 aromatic carbocycles. The molecule has 2 bridgehead atoms. The maximum absolute atomic E-state index is 13.1. The third-order valence-corrected chi connectivity index (χ3v) is 9.18. The summed E-state index contributed by atoms with van der Waals surface area (Å²) in [4.78, 5) is 24.3. The van der Waals surface area contributed by atoms with Gasteiger partial charge in [0.1, 0.15) is 12.3 Å². The minimum Gasteiger partial charge on any atom is -0.493 e. The number of methoxy groups -OCH3 is 1. The second-order valence-corrected chi connectivity index (χ2v) is 11.2. The van der Waals surface area contributed by atoms with Gasteiger partial charge in [-0.3, -0.25) is 9.69 Å². The summed E-state index contributed by atoms with van der Waals surface area (Å²) >= 11 is 0. The van der Waals surface area contributed by atoms with Crippen molar-refractivity contribution in [2.45, 2.75) is 46.1 Å². The van der Waals surface area contributed by atoms with Gasteiger partial charge in [0, 0.05) is 43.6 Å². The van der Waals surface area contributed by atoms with Gasteiger partial charge in [0.05, 0.1) is 20.3 Å². The van der Waals surface area contributed by atoms with Gasteiger partial charge in [0.2, 0.25) is 5.95 Å². The van der Waals surface area contributed by atoms with Crippen LogP contribution < -0.4 is 20.1 Å². The van der Waals surface area contributed by atoms with Gasteiger partial charge in [-0.1, -0.05) is 20.8 Å². The third kappa shape index (κ3) is 5.11. The van der Waals surface area contributed by atoms with Crippen LogP contribution in [0.25, 0.3) is 0 Å². The van der Waals surface area contributed by atoms with Crippen LogP contribution >= 0.6 is 0 Å². The van der Waals surface area contributed by atoms with E-state index >= 15 is 0 Å². The molecular weight excluding hydrogens is 470 g/mol. The number of aromatic nitrogens is 2. The Bertz CT molecular complexity index is 1120. The summed E-state index contributed by atoms with van der Waals surface area (Å²) in [6, 6.07) is 7.42. The Morgan fingerprint density at radius 3 is 2.70 bits per heavy atom. The van der Waals surface area contributed by atoms with Crippen LogP contribution in [0.1, 0.15) is 50.5 Å². The molecule has 1 aliphatic heterocycles. The SMILES string of the molecule is COc1ccc(Nc2nccc(C(=O)NC3CC4CCC3(C)C4(C)C)n2)cc1OCCN1CCOCC1. The topological polar surface area (TPSA) is 97.8 Å². The fourth-order valence-electron chi connectivity index (χ4n) is 6.31. The van der Waals surface area contributed by atoms with E-state index in [0.29, 0.717) is 35.7 Å². The highest BCUT2D eigenvalue weighted by molar-refractivity contribution is 5.92. The zero-order chi connectivity index (χ0) is 26.0. The Balaban J connectivity index is 1.22. The summed E-state index contributed by atoms with van der Waals surface area (Å²) in [6.07, 6.45) is 5.05. The van der Waals surface area contributed by atoms with E-state index in [9.17, 15) is 4.79 Å². The molecule has 1 amide bonds. The van der Waals surface area contributed by atoms with E-state index in [4.69, 9.17) is 14.2 Å². The number of fused-ring (bicyclic) bond motifs is 2. The predicted octanol–water partition coefficient (Wildman–Crippen LogP) is 3.88. The highest BCUT2D eigenvalue weighted by Gasteiger charge is 2.61. The number of hydrogen-bond donors (Lipinski definition) is 2. The van der Waals surface area contributed by atoms with Crippen molar-refractivity contribution in [1.82, 2.24) is 20.2 Å². The molecule has 2 aliphatic carbocycles.